The van der Waals surface area contributed by atoms with E-state index in [-0.39, 0.29) is 12.0 Å². The van der Waals surface area contributed by atoms with Gasteiger partial charge >= 0.3 is 0 Å². The van der Waals surface area contributed by atoms with Crippen LogP contribution >= 0.6 is 0 Å². The molecule has 1 aliphatic carbocycles. The predicted octanol–water partition coefficient (Wildman–Crippen LogP) is 4.48. The number of hydrogen-bond acceptors (Lipinski definition) is 7. The summed E-state index contributed by atoms with van der Waals surface area (Å²) < 4.78 is 13.9. The summed E-state index contributed by atoms with van der Waals surface area (Å²) in [5.41, 5.74) is 4.43. The van der Waals surface area contributed by atoms with E-state index in [2.05, 4.69) is 56.1 Å². The largest absolute Gasteiger partial charge is 0.485 e. The number of rotatable bonds is 5. The molecule has 40 heavy (non-hydrogen) atoms. The molecule has 0 N–H and O–H groups in total. The Morgan fingerprint density at radius 2 is 1.75 bits per heavy atom. The summed E-state index contributed by atoms with van der Waals surface area (Å²) in [7, 11) is 0. The molecule has 3 aromatic rings. The van der Waals surface area contributed by atoms with Crippen molar-refractivity contribution in [1.82, 2.24) is 24.5 Å². The van der Waals surface area contributed by atoms with Crippen LogP contribution in [0.4, 0.5) is 5.69 Å². The van der Waals surface area contributed by atoms with Crippen molar-refractivity contribution in [2.75, 3.05) is 44.3 Å². The van der Waals surface area contributed by atoms with Crippen LogP contribution in [0.25, 0.3) is 5.78 Å². The maximum Gasteiger partial charge on any atom is 0.253 e. The van der Waals surface area contributed by atoms with Gasteiger partial charge in [-0.25, -0.2) is 4.98 Å². The third-order valence-corrected chi connectivity index (χ3v) is 8.93. The molecule has 1 aromatic carbocycles. The predicted molar refractivity (Wildman–Crippen MR) is 154 cm³/mol. The van der Waals surface area contributed by atoms with E-state index in [1.807, 2.05) is 20.8 Å². The molecule has 1 amide bonds. The zero-order valence-electron chi connectivity index (χ0n) is 24.3. The Bertz CT molecular complexity index is 1350. The van der Waals surface area contributed by atoms with Gasteiger partial charge in [0.2, 0.25) is 5.91 Å². The van der Waals surface area contributed by atoms with Gasteiger partial charge < -0.3 is 19.3 Å². The third-order valence-electron chi connectivity index (χ3n) is 8.93. The maximum absolute atomic E-state index is 13.2. The average molecular weight is 547 g/mol. The van der Waals surface area contributed by atoms with Crippen LogP contribution in [-0.2, 0) is 9.53 Å². The Labute approximate surface area is 236 Å². The van der Waals surface area contributed by atoms with Crippen LogP contribution in [0.5, 0.6) is 5.75 Å². The second-order valence-electron chi connectivity index (χ2n) is 12.1. The fourth-order valence-corrected chi connectivity index (χ4v) is 6.72. The summed E-state index contributed by atoms with van der Waals surface area (Å²) in [5, 5.41) is 4.47. The summed E-state index contributed by atoms with van der Waals surface area (Å²) in [6.45, 7) is 12.8. The molecule has 0 spiro atoms. The number of ether oxygens (including phenoxy) is 2. The molecule has 9 nitrogen and oxygen atoms in total. The van der Waals surface area contributed by atoms with Gasteiger partial charge in [0, 0.05) is 37.7 Å². The number of amides is 1. The molecule has 0 bridgehead atoms. The number of hydrogen-bond donors (Lipinski definition) is 0. The lowest BCUT2D eigenvalue weighted by molar-refractivity contribution is -0.137. The topological polar surface area (TPSA) is 85.1 Å². The van der Waals surface area contributed by atoms with Gasteiger partial charge in [0.1, 0.15) is 11.9 Å². The first kappa shape index (κ1) is 27.0. The summed E-state index contributed by atoms with van der Waals surface area (Å²) in [6.07, 6.45) is 5.20. The minimum absolute atomic E-state index is 0.104. The molecule has 2 aromatic heterocycles. The molecule has 3 fully saturated rings. The van der Waals surface area contributed by atoms with E-state index >= 15 is 0 Å². The van der Waals surface area contributed by atoms with Crippen molar-refractivity contribution < 1.29 is 14.3 Å². The molecular weight excluding hydrogens is 504 g/mol. The number of carbonyl (C=O) groups is 1. The van der Waals surface area contributed by atoms with E-state index in [0.717, 1.165) is 82.0 Å². The Morgan fingerprint density at radius 1 is 0.975 bits per heavy atom. The molecule has 2 atom stereocenters. The second-order valence-corrected chi connectivity index (χ2v) is 12.1. The van der Waals surface area contributed by atoms with Crippen molar-refractivity contribution in [2.45, 2.75) is 71.8 Å². The molecule has 0 unspecified atom stereocenters. The van der Waals surface area contributed by atoms with Crippen molar-refractivity contribution in [1.29, 1.82) is 0 Å². The van der Waals surface area contributed by atoms with Gasteiger partial charge in [-0.2, -0.15) is 9.50 Å². The Hall–Kier alpha value is -3.20. The smallest absolute Gasteiger partial charge is 0.253 e. The fraction of sp³-hybridized carbons (Fsp3) is 0.613. The second kappa shape index (κ2) is 11.4. The number of aromatic nitrogens is 4. The Morgan fingerprint density at radius 3 is 2.52 bits per heavy atom. The molecule has 0 radical (unpaired) electrons. The van der Waals surface area contributed by atoms with Crippen LogP contribution in [0.3, 0.4) is 0 Å². The lowest BCUT2D eigenvalue weighted by Gasteiger charge is -2.32. The number of carbonyl (C=O) groups excluding carboxylic acids is 1. The van der Waals surface area contributed by atoms with Crippen molar-refractivity contribution in [3.8, 4) is 5.75 Å². The van der Waals surface area contributed by atoms with Crippen LogP contribution in [0.2, 0.25) is 0 Å². The van der Waals surface area contributed by atoms with E-state index in [4.69, 9.17) is 9.47 Å². The summed E-state index contributed by atoms with van der Waals surface area (Å²) in [4.78, 5) is 26.6. The highest BCUT2D eigenvalue weighted by Crippen LogP contribution is 2.37. The molecule has 6 rings (SSSR count). The van der Waals surface area contributed by atoms with Crippen LogP contribution in [0.1, 0.15) is 67.7 Å². The number of anilines is 1. The van der Waals surface area contributed by atoms with Gasteiger partial charge in [-0.3, -0.25) is 4.79 Å². The van der Waals surface area contributed by atoms with Crippen LogP contribution in [-0.4, -0.2) is 75.9 Å². The Balaban J connectivity index is 1.03. The van der Waals surface area contributed by atoms with Crippen molar-refractivity contribution in [2.24, 2.45) is 11.8 Å². The average Bonchev–Trinajstić information content (AvgIpc) is 3.52. The van der Waals surface area contributed by atoms with Crippen molar-refractivity contribution >= 4 is 17.4 Å². The lowest BCUT2D eigenvalue weighted by atomic mass is 9.78. The molecule has 2 aliphatic heterocycles. The van der Waals surface area contributed by atoms with E-state index < -0.39 is 0 Å². The molecule has 2 saturated heterocycles. The first-order chi connectivity index (χ1) is 19.4. The van der Waals surface area contributed by atoms with E-state index in [1.54, 1.807) is 4.52 Å². The van der Waals surface area contributed by atoms with E-state index in [1.165, 1.54) is 11.3 Å². The normalized spacial score (nSPS) is 25.8. The zero-order chi connectivity index (χ0) is 27.8. The highest BCUT2D eigenvalue weighted by Gasteiger charge is 2.32. The number of fused-ring (bicyclic) bond motifs is 1. The van der Waals surface area contributed by atoms with Gasteiger partial charge in [-0.15, -0.1) is 5.10 Å². The summed E-state index contributed by atoms with van der Waals surface area (Å²) >= 11 is 0. The first-order valence-electron chi connectivity index (χ1n) is 14.9. The van der Waals surface area contributed by atoms with Crippen molar-refractivity contribution in [3.63, 3.8) is 0 Å². The van der Waals surface area contributed by atoms with Gasteiger partial charge in [0.25, 0.3) is 5.78 Å². The maximum atomic E-state index is 13.2. The van der Waals surface area contributed by atoms with Gasteiger partial charge in [-0.05, 0) is 76.0 Å². The minimum atomic E-state index is 0.104. The van der Waals surface area contributed by atoms with Gasteiger partial charge in [0.15, 0.2) is 5.75 Å². The van der Waals surface area contributed by atoms with Gasteiger partial charge in [-0.1, -0.05) is 19.1 Å². The lowest BCUT2D eigenvalue weighted by Crippen LogP contribution is -2.40. The molecular formula is C31H42N6O3. The number of aryl methyl sites for hydroxylation is 3. The first-order valence-corrected chi connectivity index (χ1v) is 14.9. The summed E-state index contributed by atoms with van der Waals surface area (Å²) in [6, 6.07) is 9.11. The SMILES string of the molecule is Cc1nc2nc(C)c(O[C@@H]3CCN(c4ccc([C@H]5CC[C@H](C(=O)N6CCOC[C@@H](C)C6)CC5)cc4)C3)c(C)n2n1. The minimum Gasteiger partial charge on any atom is -0.485 e. The number of nitrogens with zero attached hydrogens (tertiary/aromatic N) is 6. The molecule has 214 valence electrons. The van der Waals surface area contributed by atoms with Crippen molar-refractivity contribution in [3.05, 3.63) is 47.0 Å². The monoisotopic (exact) mass is 546 g/mol. The summed E-state index contributed by atoms with van der Waals surface area (Å²) in [5.74, 6) is 3.60. The quantitative estimate of drug-likeness (QED) is 0.467. The molecule has 1 saturated carbocycles. The van der Waals surface area contributed by atoms with E-state index in [9.17, 15) is 4.79 Å². The molecule has 4 heterocycles. The highest BCUT2D eigenvalue weighted by atomic mass is 16.5. The van der Waals surface area contributed by atoms with Crippen LogP contribution in [0.15, 0.2) is 24.3 Å². The third kappa shape index (κ3) is 5.53. The molecule has 9 heteroatoms. The number of benzene rings is 1. The van der Waals surface area contributed by atoms with Crippen LogP contribution in [0, 0.1) is 32.6 Å². The highest BCUT2D eigenvalue weighted by molar-refractivity contribution is 5.79. The van der Waals surface area contributed by atoms with Gasteiger partial charge in [0.05, 0.1) is 31.1 Å². The molecule has 3 aliphatic rings. The Kier molecular flexibility index (Phi) is 7.66. The fourth-order valence-electron chi connectivity index (χ4n) is 6.72. The van der Waals surface area contributed by atoms with E-state index in [0.29, 0.717) is 36.0 Å². The standard InChI is InChI=1S/C31H42N6O3/c1-20-17-36(15-16-39-19-20)30(38)26-7-5-24(6-8-26)25-9-11-27(12-10-25)35-14-13-28(18-35)40-29-21(2)32-31-33-23(4)34-37(31)22(29)3/h9-12,20,24,26,28H,5-8,13-19H2,1-4H3/t20-,24-,26-,28+/m0/s1. The van der Waals surface area contributed by atoms with Crippen LogP contribution < -0.4 is 9.64 Å². The zero-order valence-corrected chi connectivity index (χ0v) is 24.3.